The highest BCUT2D eigenvalue weighted by Gasteiger charge is 2.00. The van der Waals surface area contributed by atoms with Crippen LogP contribution in [-0.4, -0.2) is 10.1 Å². The summed E-state index contributed by atoms with van der Waals surface area (Å²) < 4.78 is 0. The second-order valence-corrected chi connectivity index (χ2v) is 3.12. The van der Waals surface area contributed by atoms with Gasteiger partial charge in [-0.3, -0.25) is 4.98 Å². The minimum atomic E-state index is 0.204. The summed E-state index contributed by atoms with van der Waals surface area (Å²) in [6.45, 7) is 0. The summed E-state index contributed by atoms with van der Waals surface area (Å²) in [7, 11) is 0. The second-order valence-electron chi connectivity index (χ2n) is 3.12. The van der Waals surface area contributed by atoms with Gasteiger partial charge in [0.1, 0.15) is 11.8 Å². The van der Waals surface area contributed by atoms with Gasteiger partial charge in [-0.05, 0) is 23.8 Å². The zero-order chi connectivity index (χ0) is 10.7. The monoisotopic (exact) mass is 196 g/mol. The van der Waals surface area contributed by atoms with E-state index >= 15 is 0 Å². The third-order valence-corrected chi connectivity index (χ3v) is 2.05. The molecule has 2 rings (SSSR count). The van der Waals surface area contributed by atoms with Crippen molar-refractivity contribution in [2.45, 2.75) is 0 Å². The number of pyridine rings is 1. The first-order valence-electron chi connectivity index (χ1n) is 4.44. The molecule has 0 saturated carbocycles. The van der Waals surface area contributed by atoms with Gasteiger partial charge in [0.2, 0.25) is 0 Å². The minimum absolute atomic E-state index is 0.204. The molecule has 1 aromatic carbocycles. The topological polar surface area (TPSA) is 56.9 Å². The Morgan fingerprint density at radius 3 is 2.73 bits per heavy atom. The van der Waals surface area contributed by atoms with E-state index in [0.717, 1.165) is 11.1 Å². The van der Waals surface area contributed by atoms with Gasteiger partial charge in [-0.15, -0.1) is 0 Å². The standard InChI is InChI=1S/C12H8N2O/c13-6-9-4-11(8-14-7-9)10-2-1-3-12(15)5-10/h1-5,7-8,15H. The lowest BCUT2D eigenvalue weighted by Crippen LogP contribution is -1.82. The molecule has 0 spiro atoms. The Bertz CT molecular complexity index is 529. The molecule has 0 aliphatic rings. The van der Waals surface area contributed by atoms with E-state index in [-0.39, 0.29) is 5.75 Å². The van der Waals surface area contributed by atoms with Gasteiger partial charge in [0, 0.05) is 18.0 Å². The van der Waals surface area contributed by atoms with Crippen molar-refractivity contribution in [2.75, 3.05) is 0 Å². The molecule has 0 radical (unpaired) electrons. The number of phenols is 1. The predicted molar refractivity (Wildman–Crippen MR) is 56.1 cm³/mol. The maximum atomic E-state index is 9.32. The van der Waals surface area contributed by atoms with Crippen LogP contribution in [0.5, 0.6) is 5.75 Å². The highest BCUT2D eigenvalue weighted by molar-refractivity contribution is 5.65. The highest BCUT2D eigenvalue weighted by Crippen LogP contribution is 2.22. The van der Waals surface area contributed by atoms with Gasteiger partial charge in [0.25, 0.3) is 0 Å². The molecule has 3 nitrogen and oxygen atoms in total. The smallest absolute Gasteiger partial charge is 0.116 e. The molecule has 2 aromatic rings. The number of rotatable bonds is 1. The molecule has 1 heterocycles. The van der Waals surface area contributed by atoms with Crippen molar-refractivity contribution in [3.8, 4) is 22.9 Å². The number of aromatic hydroxyl groups is 1. The molecule has 0 saturated heterocycles. The number of nitriles is 1. The van der Waals surface area contributed by atoms with Crippen LogP contribution in [0.4, 0.5) is 0 Å². The first-order valence-corrected chi connectivity index (χ1v) is 4.44. The second kappa shape index (κ2) is 3.81. The lowest BCUT2D eigenvalue weighted by Gasteiger charge is -2.01. The number of benzene rings is 1. The van der Waals surface area contributed by atoms with E-state index in [0.29, 0.717) is 5.56 Å². The number of phenolic OH excluding ortho intramolecular Hbond substituents is 1. The molecule has 3 heteroatoms. The molecular weight excluding hydrogens is 188 g/mol. The lowest BCUT2D eigenvalue weighted by molar-refractivity contribution is 0.475. The van der Waals surface area contributed by atoms with E-state index in [1.165, 1.54) is 6.20 Å². The van der Waals surface area contributed by atoms with Crippen molar-refractivity contribution in [3.05, 3.63) is 48.3 Å². The van der Waals surface area contributed by atoms with Gasteiger partial charge < -0.3 is 5.11 Å². The molecular formula is C12H8N2O. The van der Waals surface area contributed by atoms with Crippen LogP contribution in [0.2, 0.25) is 0 Å². The molecule has 0 amide bonds. The van der Waals surface area contributed by atoms with Crippen molar-refractivity contribution in [2.24, 2.45) is 0 Å². The van der Waals surface area contributed by atoms with Crippen LogP contribution in [0.1, 0.15) is 5.56 Å². The molecule has 0 atom stereocenters. The molecule has 0 fully saturated rings. The summed E-state index contributed by atoms with van der Waals surface area (Å²) in [6.07, 6.45) is 3.17. The Morgan fingerprint density at radius 2 is 2.00 bits per heavy atom. The predicted octanol–water partition coefficient (Wildman–Crippen LogP) is 2.33. The first kappa shape index (κ1) is 9.22. The Morgan fingerprint density at radius 1 is 1.13 bits per heavy atom. The number of aromatic nitrogens is 1. The van der Waals surface area contributed by atoms with Crippen LogP contribution in [0.25, 0.3) is 11.1 Å². The van der Waals surface area contributed by atoms with Crippen LogP contribution >= 0.6 is 0 Å². The number of hydrogen-bond donors (Lipinski definition) is 1. The molecule has 0 unspecified atom stereocenters. The average Bonchev–Trinajstić information content (AvgIpc) is 2.29. The number of hydrogen-bond acceptors (Lipinski definition) is 3. The van der Waals surface area contributed by atoms with Gasteiger partial charge >= 0.3 is 0 Å². The first-order chi connectivity index (χ1) is 7.29. The van der Waals surface area contributed by atoms with Crippen molar-refractivity contribution in [1.82, 2.24) is 4.98 Å². The quantitative estimate of drug-likeness (QED) is 0.761. The van der Waals surface area contributed by atoms with Crippen LogP contribution in [0.15, 0.2) is 42.7 Å². The normalized spacial score (nSPS) is 9.53. The van der Waals surface area contributed by atoms with Gasteiger partial charge in [-0.25, -0.2) is 0 Å². The highest BCUT2D eigenvalue weighted by atomic mass is 16.3. The number of nitrogens with zero attached hydrogens (tertiary/aromatic N) is 2. The van der Waals surface area contributed by atoms with E-state index in [2.05, 4.69) is 4.98 Å². The van der Waals surface area contributed by atoms with Gasteiger partial charge in [0.05, 0.1) is 5.56 Å². The van der Waals surface area contributed by atoms with Crippen LogP contribution in [0.3, 0.4) is 0 Å². The molecule has 15 heavy (non-hydrogen) atoms. The Balaban J connectivity index is 2.50. The zero-order valence-electron chi connectivity index (χ0n) is 7.88. The maximum absolute atomic E-state index is 9.32. The minimum Gasteiger partial charge on any atom is -0.508 e. The van der Waals surface area contributed by atoms with Gasteiger partial charge in [-0.1, -0.05) is 12.1 Å². The van der Waals surface area contributed by atoms with Crippen molar-refractivity contribution >= 4 is 0 Å². The van der Waals surface area contributed by atoms with Crippen LogP contribution in [0, 0.1) is 11.3 Å². The van der Waals surface area contributed by atoms with Gasteiger partial charge in [0.15, 0.2) is 0 Å². The fourth-order valence-corrected chi connectivity index (χ4v) is 1.34. The third kappa shape index (κ3) is 1.94. The summed E-state index contributed by atoms with van der Waals surface area (Å²) in [5.74, 6) is 0.204. The molecule has 1 aromatic heterocycles. The molecule has 72 valence electrons. The summed E-state index contributed by atoms with van der Waals surface area (Å²) in [6, 6.07) is 10.6. The summed E-state index contributed by atoms with van der Waals surface area (Å²) in [4.78, 5) is 3.96. The maximum Gasteiger partial charge on any atom is 0.116 e. The van der Waals surface area contributed by atoms with Crippen molar-refractivity contribution in [3.63, 3.8) is 0 Å². The molecule has 1 N–H and O–H groups in total. The lowest BCUT2D eigenvalue weighted by atomic mass is 10.1. The van der Waals surface area contributed by atoms with Crippen LogP contribution < -0.4 is 0 Å². The summed E-state index contributed by atoms with van der Waals surface area (Å²) >= 11 is 0. The van der Waals surface area contributed by atoms with E-state index in [9.17, 15) is 5.11 Å². The van der Waals surface area contributed by atoms with Crippen LogP contribution in [-0.2, 0) is 0 Å². The van der Waals surface area contributed by atoms with E-state index in [1.807, 2.05) is 12.1 Å². The largest absolute Gasteiger partial charge is 0.508 e. The Labute approximate surface area is 87.3 Å². The fourth-order valence-electron chi connectivity index (χ4n) is 1.34. The van der Waals surface area contributed by atoms with E-state index in [1.54, 1.807) is 30.5 Å². The van der Waals surface area contributed by atoms with Crippen molar-refractivity contribution in [1.29, 1.82) is 5.26 Å². The van der Waals surface area contributed by atoms with E-state index in [4.69, 9.17) is 5.26 Å². The van der Waals surface area contributed by atoms with E-state index < -0.39 is 0 Å². The summed E-state index contributed by atoms with van der Waals surface area (Å²) in [5, 5.41) is 18.0. The average molecular weight is 196 g/mol. The zero-order valence-corrected chi connectivity index (χ0v) is 7.88. The van der Waals surface area contributed by atoms with Crippen molar-refractivity contribution < 1.29 is 5.11 Å². The molecule has 0 aliphatic carbocycles. The Hall–Kier alpha value is -2.34. The fraction of sp³-hybridized carbons (Fsp3) is 0. The Kier molecular flexibility index (Phi) is 2.34. The molecule has 0 bridgehead atoms. The third-order valence-electron chi connectivity index (χ3n) is 2.05. The molecule has 0 aliphatic heterocycles. The SMILES string of the molecule is N#Cc1cncc(-c2cccc(O)c2)c1. The van der Waals surface area contributed by atoms with Gasteiger partial charge in [-0.2, -0.15) is 5.26 Å². The summed E-state index contributed by atoms with van der Waals surface area (Å²) in [5.41, 5.74) is 2.18.